The summed E-state index contributed by atoms with van der Waals surface area (Å²) in [6.45, 7) is -0.399. The molecule has 2 nitrogen and oxygen atoms in total. The van der Waals surface area contributed by atoms with Gasteiger partial charge in [0, 0.05) is 6.20 Å². The van der Waals surface area contributed by atoms with Crippen molar-refractivity contribution in [3.8, 4) is 0 Å². The Hall–Kier alpha value is -0.260. The van der Waals surface area contributed by atoms with Crippen LogP contribution in [0.2, 0.25) is 4.47 Å². The largest absolute Gasteiger partial charge is 0.370 e. The van der Waals surface area contributed by atoms with Gasteiger partial charge in [-0.15, -0.1) is 11.3 Å². The fourth-order valence-corrected chi connectivity index (χ4v) is 1.51. The van der Waals surface area contributed by atoms with E-state index < -0.39 is 13.0 Å². The van der Waals surface area contributed by atoms with Gasteiger partial charge in [-0.05, 0) is 0 Å². The van der Waals surface area contributed by atoms with Gasteiger partial charge in [-0.1, -0.05) is 11.6 Å². The van der Waals surface area contributed by atoms with Crippen molar-refractivity contribution in [1.82, 2.24) is 4.98 Å². The first kappa shape index (κ1) is 9.83. The van der Waals surface area contributed by atoms with Crippen molar-refractivity contribution in [2.75, 3.05) is 6.61 Å². The van der Waals surface area contributed by atoms with E-state index in [0.717, 1.165) is 4.88 Å². The summed E-state index contributed by atoms with van der Waals surface area (Å²) in [6.07, 6.45) is -0.910. The zero-order chi connectivity index (χ0) is 8.97. The molecule has 0 bridgehead atoms. The van der Waals surface area contributed by atoms with Crippen molar-refractivity contribution >= 4 is 22.9 Å². The Labute approximate surface area is 77.1 Å². The fourth-order valence-electron chi connectivity index (χ4n) is 0.599. The summed E-state index contributed by atoms with van der Waals surface area (Å²) < 4.78 is 28.2. The molecule has 1 heterocycles. The minimum absolute atomic E-state index is 0.148. The van der Waals surface area contributed by atoms with Crippen LogP contribution in [-0.2, 0) is 11.3 Å². The van der Waals surface area contributed by atoms with E-state index >= 15 is 0 Å². The third kappa shape index (κ3) is 3.42. The van der Waals surface area contributed by atoms with Crippen molar-refractivity contribution in [2.45, 2.75) is 13.0 Å². The predicted molar refractivity (Wildman–Crippen MR) is 42.8 cm³/mol. The van der Waals surface area contributed by atoms with Crippen LogP contribution in [0.3, 0.4) is 0 Å². The second-order valence-electron chi connectivity index (χ2n) is 1.99. The van der Waals surface area contributed by atoms with Gasteiger partial charge in [-0.25, -0.2) is 13.8 Å². The molecular weight excluding hydrogens is 208 g/mol. The molecule has 12 heavy (non-hydrogen) atoms. The SMILES string of the molecule is FC(F)COCc1cnc(Cl)s1. The zero-order valence-electron chi connectivity index (χ0n) is 5.97. The minimum atomic E-state index is -2.42. The zero-order valence-corrected chi connectivity index (χ0v) is 7.54. The van der Waals surface area contributed by atoms with Crippen LogP contribution in [0.4, 0.5) is 8.78 Å². The van der Waals surface area contributed by atoms with Gasteiger partial charge in [-0.3, -0.25) is 0 Å². The summed E-state index contributed by atoms with van der Waals surface area (Å²) in [5.41, 5.74) is 0. The lowest BCUT2D eigenvalue weighted by Crippen LogP contribution is -2.03. The van der Waals surface area contributed by atoms with E-state index in [9.17, 15) is 8.78 Å². The number of thiazole rings is 1. The van der Waals surface area contributed by atoms with Crippen molar-refractivity contribution in [3.05, 3.63) is 15.5 Å². The van der Waals surface area contributed by atoms with Gasteiger partial charge < -0.3 is 4.74 Å². The average molecular weight is 214 g/mol. The summed E-state index contributed by atoms with van der Waals surface area (Å²) >= 11 is 6.73. The lowest BCUT2D eigenvalue weighted by atomic mass is 10.6. The molecule has 0 aliphatic heterocycles. The third-order valence-corrected chi connectivity index (χ3v) is 2.10. The van der Waals surface area contributed by atoms with Crippen LogP contribution in [0, 0.1) is 0 Å². The van der Waals surface area contributed by atoms with E-state index in [2.05, 4.69) is 9.72 Å². The normalized spacial score (nSPS) is 11.0. The Bertz CT molecular complexity index is 243. The van der Waals surface area contributed by atoms with Crippen LogP contribution in [0.1, 0.15) is 4.88 Å². The van der Waals surface area contributed by atoms with E-state index in [1.165, 1.54) is 17.5 Å². The van der Waals surface area contributed by atoms with E-state index in [1.807, 2.05) is 0 Å². The number of ether oxygens (including phenoxy) is 1. The Morgan fingerprint density at radius 1 is 1.67 bits per heavy atom. The first-order valence-electron chi connectivity index (χ1n) is 3.14. The quantitative estimate of drug-likeness (QED) is 0.767. The molecule has 0 aliphatic carbocycles. The molecule has 0 amide bonds. The molecule has 0 saturated carbocycles. The highest BCUT2D eigenvalue weighted by Gasteiger charge is 2.03. The molecule has 68 valence electrons. The standard InChI is InChI=1S/C6H6ClF2NOS/c7-6-10-1-4(12-6)2-11-3-5(8)9/h1,5H,2-3H2. The van der Waals surface area contributed by atoms with Crippen LogP contribution < -0.4 is 0 Å². The maximum atomic E-state index is 11.6. The molecule has 1 rings (SSSR count). The van der Waals surface area contributed by atoms with Crippen LogP contribution in [0.5, 0.6) is 0 Å². The van der Waals surface area contributed by atoms with E-state index in [-0.39, 0.29) is 6.61 Å². The van der Waals surface area contributed by atoms with Gasteiger partial charge in [-0.2, -0.15) is 0 Å². The molecule has 0 atom stereocenters. The maximum Gasteiger partial charge on any atom is 0.261 e. The molecule has 0 aliphatic rings. The summed E-state index contributed by atoms with van der Waals surface area (Å²) in [5, 5.41) is 0. The van der Waals surface area contributed by atoms with Crippen LogP contribution >= 0.6 is 22.9 Å². The summed E-state index contributed by atoms with van der Waals surface area (Å²) in [6, 6.07) is 0. The molecular formula is C6H6ClF2NOS. The lowest BCUT2D eigenvalue weighted by molar-refractivity contribution is 0.0107. The van der Waals surface area contributed by atoms with Gasteiger partial charge >= 0.3 is 0 Å². The van der Waals surface area contributed by atoms with Crippen LogP contribution in [0.15, 0.2) is 6.20 Å². The third-order valence-electron chi connectivity index (χ3n) is 1.01. The smallest absolute Gasteiger partial charge is 0.261 e. The Kier molecular flexibility index (Phi) is 3.84. The maximum absolute atomic E-state index is 11.6. The first-order valence-corrected chi connectivity index (χ1v) is 4.34. The summed E-state index contributed by atoms with van der Waals surface area (Å²) in [5.74, 6) is 0. The lowest BCUT2D eigenvalue weighted by Gasteiger charge is -1.99. The first-order chi connectivity index (χ1) is 5.68. The van der Waals surface area contributed by atoms with Gasteiger partial charge in [0.1, 0.15) is 6.61 Å². The molecule has 1 aromatic heterocycles. The average Bonchev–Trinajstić information content (AvgIpc) is 2.35. The molecule has 0 N–H and O–H groups in total. The summed E-state index contributed by atoms with van der Waals surface area (Å²) in [4.78, 5) is 4.48. The molecule has 0 spiro atoms. The minimum Gasteiger partial charge on any atom is -0.370 e. The molecule has 0 saturated heterocycles. The molecule has 1 aromatic rings. The second kappa shape index (κ2) is 4.69. The second-order valence-corrected chi connectivity index (χ2v) is 3.68. The van der Waals surface area contributed by atoms with Gasteiger partial charge in [0.25, 0.3) is 6.43 Å². The Morgan fingerprint density at radius 2 is 2.42 bits per heavy atom. The number of rotatable bonds is 4. The topological polar surface area (TPSA) is 22.1 Å². The highest BCUT2D eigenvalue weighted by atomic mass is 35.5. The van der Waals surface area contributed by atoms with E-state index in [1.54, 1.807) is 0 Å². The number of hydrogen-bond donors (Lipinski definition) is 0. The number of hydrogen-bond acceptors (Lipinski definition) is 3. The fraction of sp³-hybridized carbons (Fsp3) is 0.500. The van der Waals surface area contributed by atoms with Crippen molar-refractivity contribution in [2.24, 2.45) is 0 Å². The van der Waals surface area contributed by atoms with E-state index in [4.69, 9.17) is 11.6 Å². The van der Waals surface area contributed by atoms with Gasteiger partial charge in [0.2, 0.25) is 0 Å². The molecule has 0 radical (unpaired) electrons. The highest BCUT2D eigenvalue weighted by Crippen LogP contribution is 2.18. The van der Waals surface area contributed by atoms with Crippen molar-refractivity contribution in [3.63, 3.8) is 0 Å². The number of nitrogens with zero attached hydrogens (tertiary/aromatic N) is 1. The van der Waals surface area contributed by atoms with Gasteiger partial charge in [0.05, 0.1) is 11.5 Å². The van der Waals surface area contributed by atoms with Crippen LogP contribution in [-0.4, -0.2) is 18.0 Å². The monoisotopic (exact) mass is 213 g/mol. The number of halogens is 3. The molecule has 0 unspecified atom stereocenters. The molecule has 0 aromatic carbocycles. The number of alkyl halides is 2. The highest BCUT2D eigenvalue weighted by molar-refractivity contribution is 7.15. The van der Waals surface area contributed by atoms with Gasteiger partial charge in [0.15, 0.2) is 4.47 Å². The van der Waals surface area contributed by atoms with Crippen molar-refractivity contribution in [1.29, 1.82) is 0 Å². The number of aromatic nitrogens is 1. The Balaban J connectivity index is 2.24. The Morgan fingerprint density at radius 3 is 2.92 bits per heavy atom. The molecule has 0 fully saturated rings. The van der Waals surface area contributed by atoms with E-state index in [0.29, 0.717) is 4.47 Å². The summed E-state index contributed by atoms with van der Waals surface area (Å²) in [7, 11) is 0. The van der Waals surface area contributed by atoms with Crippen LogP contribution in [0.25, 0.3) is 0 Å². The van der Waals surface area contributed by atoms with Crippen molar-refractivity contribution < 1.29 is 13.5 Å². The predicted octanol–water partition coefficient (Wildman–Crippen LogP) is 2.58. The molecule has 6 heteroatoms.